The molecule has 1 N–H and O–H groups in total. The van der Waals surface area contributed by atoms with Crippen LogP contribution in [0.1, 0.15) is 51.0 Å². The molecule has 168 valence electrons. The minimum atomic E-state index is 0.303. The zero-order chi connectivity index (χ0) is 21.0. The number of guanidine groups is 1. The van der Waals surface area contributed by atoms with Crippen molar-refractivity contribution in [2.45, 2.75) is 64.6 Å². The maximum Gasteiger partial charge on any atom is 0.193 e. The summed E-state index contributed by atoms with van der Waals surface area (Å²) >= 11 is 0. The summed E-state index contributed by atoms with van der Waals surface area (Å²) in [5, 5.41) is 3.44. The molecule has 1 atom stereocenters. The zero-order valence-corrected chi connectivity index (χ0v) is 18.8. The number of nitrogens with zero attached hydrogens (tertiary/aromatic N) is 2. The first-order valence-electron chi connectivity index (χ1n) is 11.7. The highest BCUT2D eigenvalue weighted by molar-refractivity contribution is 5.80. The average molecular weight is 418 g/mol. The fraction of sp³-hybridized carbons (Fsp3) is 0.708. The summed E-state index contributed by atoms with van der Waals surface area (Å²) in [7, 11) is 0. The van der Waals surface area contributed by atoms with Crippen molar-refractivity contribution in [3.8, 4) is 5.75 Å². The molecule has 0 aromatic heterocycles. The predicted octanol–water partition coefficient (Wildman–Crippen LogP) is 3.78. The van der Waals surface area contributed by atoms with E-state index in [0.717, 1.165) is 76.8 Å². The first-order valence-corrected chi connectivity index (χ1v) is 11.7. The highest BCUT2D eigenvalue weighted by Crippen LogP contribution is 2.18. The summed E-state index contributed by atoms with van der Waals surface area (Å²) < 4.78 is 17.8. The fourth-order valence-corrected chi connectivity index (χ4v) is 3.99. The van der Waals surface area contributed by atoms with Gasteiger partial charge in [-0.15, -0.1) is 0 Å². The molecule has 1 aromatic carbocycles. The van der Waals surface area contributed by atoms with Crippen molar-refractivity contribution in [1.82, 2.24) is 10.2 Å². The Morgan fingerprint density at radius 1 is 1.20 bits per heavy atom. The third kappa shape index (κ3) is 7.47. The minimum absolute atomic E-state index is 0.303. The van der Waals surface area contributed by atoms with Crippen LogP contribution in [0.15, 0.2) is 29.3 Å². The Kier molecular flexibility index (Phi) is 9.77. The van der Waals surface area contributed by atoms with Gasteiger partial charge in [0.25, 0.3) is 0 Å². The number of nitrogens with one attached hydrogen (secondary N) is 1. The van der Waals surface area contributed by atoms with Crippen molar-refractivity contribution in [2.24, 2.45) is 4.99 Å². The fourth-order valence-electron chi connectivity index (χ4n) is 3.99. The molecule has 0 spiro atoms. The van der Waals surface area contributed by atoms with Gasteiger partial charge in [-0.05, 0) is 57.6 Å². The molecule has 0 bridgehead atoms. The van der Waals surface area contributed by atoms with E-state index in [4.69, 9.17) is 19.2 Å². The number of aliphatic imine (C=N–C) groups is 1. The van der Waals surface area contributed by atoms with Crippen molar-refractivity contribution in [3.63, 3.8) is 0 Å². The molecule has 0 aliphatic carbocycles. The number of piperidine rings is 1. The summed E-state index contributed by atoms with van der Waals surface area (Å²) in [5.74, 6) is 1.98. The van der Waals surface area contributed by atoms with Crippen LogP contribution in [0.2, 0.25) is 0 Å². The van der Waals surface area contributed by atoms with Gasteiger partial charge in [-0.1, -0.05) is 18.2 Å². The minimum Gasteiger partial charge on any atom is -0.493 e. The maximum absolute atomic E-state index is 6.15. The van der Waals surface area contributed by atoms with Crippen molar-refractivity contribution in [2.75, 3.05) is 46.0 Å². The molecule has 0 radical (unpaired) electrons. The molecule has 2 saturated heterocycles. The monoisotopic (exact) mass is 417 g/mol. The van der Waals surface area contributed by atoms with E-state index < -0.39 is 0 Å². The van der Waals surface area contributed by atoms with Gasteiger partial charge in [-0.2, -0.15) is 0 Å². The van der Waals surface area contributed by atoms with Gasteiger partial charge >= 0.3 is 0 Å². The summed E-state index contributed by atoms with van der Waals surface area (Å²) in [5.41, 5.74) is 1.18. The standard InChI is InChI=1S/C24H39N3O3/c1-3-25-24(26-14-8-18-29-23-11-5-4-9-20(23)2)27-15-12-21(13-16-27)30-19-22-10-6-7-17-28-22/h4-5,9,11,21-22H,3,6-8,10,12-19H2,1-2H3,(H,25,26). The first kappa shape index (κ1) is 22.9. The van der Waals surface area contributed by atoms with E-state index in [1.807, 2.05) is 18.2 Å². The highest BCUT2D eigenvalue weighted by atomic mass is 16.5. The molecule has 0 amide bonds. The van der Waals surface area contributed by atoms with E-state index in [0.29, 0.717) is 18.8 Å². The molecule has 6 heteroatoms. The van der Waals surface area contributed by atoms with Gasteiger partial charge in [0, 0.05) is 39.2 Å². The lowest BCUT2D eigenvalue weighted by atomic mass is 10.1. The SMILES string of the molecule is CCNC(=NCCCOc1ccccc1C)N1CCC(OCC2CCCCO2)CC1. The molecule has 6 nitrogen and oxygen atoms in total. The van der Waals surface area contributed by atoms with Crippen molar-refractivity contribution >= 4 is 5.96 Å². The van der Waals surface area contributed by atoms with E-state index in [2.05, 4.69) is 30.1 Å². The van der Waals surface area contributed by atoms with Gasteiger partial charge in [-0.3, -0.25) is 4.99 Å². The quantitative estimate of drug-likeness (QED) is 0.376. The third-order valence-electron chi connectivity index (χ3n) is 5.78. The smallest absolute Gasteiger partial charge is 0.193 e. The largest absolute Gasteiger partial charge is 0.493 e. The van der Waals surface area contributed by atoms with Crippen LogP contribution in [0.5, 0.6) is 5.75 Å². The van der Waals surface area contributed by atoms with Crippen LogP contribution in [0, 0.1) is 6.92 Å². The number of para-hydroxylation sites is 1. The van der Waals surface area contributed by atoms with Crippen LogP contribution in [0.3, 0.4) is 0 Å². The second-order valence-corrected chi connectivity index (χ2v) is 8.21. The molecule has 2 fully saturated rings. The molecular weight excluding hydrogens is 378 g/mol. The number of ether oxygens (including phenoxy) is 3. The molecular formula is C24H39N3O3. The third-order valence-corrected chi connectivity index (χ3v) is 5.78. The molecule has 1 unspecified atom stereocenters. The number of likely N-dealkylation sites (tertiary alicyclic amines) is 1. The predicted molar refractivity (Wildman–Crippen MR) is 121 cm³/mol. The number of rotatable bonds is 9. The molecule has 2 aliphatic heterocycles. The molecule has 3 rings (SSSR count). The van der Waals surface area contributed by atoms with Crippen LogP contribution in [-0.2, 0) is 9.47 Å². The van der Waals surface area contributed by atoms with E-state index >= 15 is 0 Å². The summed E-state index contributed by atoms with van der Waals surface area (Å²) in [6.07, 6.45) is 7.26. The van der Waals surface area contributed by atoms with E-state index in [1.165, 1.54) is 18.4 Å². The lowest BCUT2D eigenvalue weighted by molar-refractivity contribution is -0.0721. The van der Waals surface area contributed by atoms with Gasteiger partial charge in [0.15, 0.2) is 5.96 Å². The summed E-state index contributed by atoms with van der Waals surface area (Å²) in [6, 6.07) is 8.15. The second-order valence-electron chi connectivity index (χ2n) is 8.21. The second kappa shape index (κ2) is 12.8. The van der Waals surface area contributed by atoms with Crippen LogP contribution >= 0.6 is 0 Å². The van der Waals surface area contributed by atoms with E-state index in [9.17, 15) is 0 Å². The maximum atomic E-state index is 6.15. The zero-order valence-electron chi connectivity index (χ0n) is 18.8. The van der Waals surface area contributed by atoms with Crippen LogP contribution < -0.4 is 10.1 Å². The van der Waals surface area contributed by atoms with Crippen LogP contribution in [0.25, 0.3) is 0 Å². The van der Waals surface area contributed by atoms with Crippen molar-refractivity contribution < 1.29 is 14.2 Å². The number of benzene rings is 1. The van der Waals surface area contributed by atoms with Crippen LogP contribution in [-0.4, -0.2) is 69.1 Å². The molecule has 2 heterocycles. The Morgan fingerprint density at radius 2 is 2.03 bits per heavy atom. The van der Waals surface area contributed by atoms with Gasteiger partial charge < -0.3 is 24.4 Å². The Balaban J connectivity index is 1.36. The lowest BCUT2D eigenvalue weighted by Gasteiger charge is -2.35. The van der Waals surface area contributed by atoms with Gasteiger partial charge in [-0.25, -0.2) is 0 Å². The lowest BCUT2D eigenvalue weighted by Crippen LogP contribution is -2.47. The van der Waals surface area contributed by atoms with Crippen molar-refractivity contribution in [1.29, 1.82) is 0 Å². The van der Waals surface area contributed by atoms with Crippen LogP contribution in [0.4, 0.5) is 0 Å². The average Bonchev–Trinajstić information content (AvgIpc) is 2.79. The number of hydrogen-bond acceptors (Lipinski definition) is 4. The van der Waals surface area contributed by atoms with E-state index in [1.54, 1.807) is 0 Å². The van der Waals surface area contributed by atoms with Gasteiger partial charge in [0.1, 0.15) is 5.75 Å². The number of hydrogen-bond donors (Lipinski definition) is 1. The molecule has 1 aromatic rings. The highest BCUT2D eigenvalue weighted by Gasteiger charge is 2.23. The van der Waals surface area contributed by atoms with Crippen molar-refractivity contribution in [3.05, 3.63) is 29.8 Å². The summed E-state index contributed by atoms with van der Waals surface area (Å²) in [6.45, 7) is 10.2. The molecule has 0 saturated carbocycles. The molecule has 30 heavy (non-hydrogen) atoms. The Hall–Kier alpha value is -1.79. The molecule has 2 aliphatic rings. The first-order chi connectivity index (χ1) is 14.8. The topological polar surface area (TPSA) is 55.3 Å². The Bertz CT molecular complexity index is 638. The summed E-state index contributed by atoms with van der Waals surface area (Å²) in [4.78, 5) is 7.19. The number of aryl methyl sites for hydroxylation is 1. The van der Waals surface area contributed by atoms with Gasteiger partial charge in [0.2, 0.25) is 0 Å². The van der Waals surface area contributed by atoms with E-state index in [-0.39, 0.29) is 0 Å². The normalized spacial score (nSPS) is 20.9. The Morgan fingerprint density at radius 3 is 2.77 bits per heavy atom. The Labute approximate surface area is 182 Å². The van der Waals surface area contributed by atoms with Gasteiger partial charge in [0.05, 0.1) is 25.4 Å².